The maximum atomic E-state index is 12.3. The van der Waals surface area contributed by atoms with Crippen LogP contribution in [-0.2, 0) is 20.2 Å². The molecule has 1 N–H and O–H groups in total. The fourth-order valence-electron chi connectivity index (χ4n) is 2.70. The van der Waals surface area contributed by atoms with E-state index < -0.39 is 10.8 Å². The summed E-state index contributed by atoms with van der Waals surface area (Å²) in [7, 11) is 1.74. The molecule has 0 saturated heterocycles. The number of amides is 1. The van der Waals surface area contributed by atoms with Crippen LogP contribution in [0.15, 0.2) is 71.7 Å². The van der Waals surface area contributed by atoms with Crippen molar-refractivity contribution >= 4 is 11.6 Å². The SMILES string of the molecule is Cn1cc(OCc2ccccc2)c(=O)cc1CNC(=O)c1cccc([N+](=O)[O-])c1. The zero-order valence-electron chi connectivity index (χ0n) is 15.7. The van der Waals surface area contributed by atoms with E-state index in [0.29, 0.717) is 5.69 Å². The highest BCUT2D eigenvalue weighted by atomic mass is 16.6. The van der Waals surface area contributed by atoms with Gasteiger partial charge in [-0.25, -0.2) is 0 Å². The number of nitrogens with zero attached hydrogens (tertiary/aromatic N) is 2. The summed E-state index contributed by atoms with van der Waals surface area (Å²) in [6, 6.07) is 16.3. The van der Waals surface area contributed by atoms with E-state index in [-0.39, 0.29) is 35.6 Å². The summed E-state index contributed by atoms with van der Waals surface area (Å²) in [5.41, 5.74) is 1.24. The van der Waals surface area contributed by atoms with Crippen LogP contribution in [0, 0.1) is 10.1 Å². The van der Waals surface area contributed by atoms with Crippen molar-refractivity contribution in [1.29, 1.82) is 0 Å². The smallest absolute Gasteiger partial charge is 0.270 e. The molecule has 148 valence electrons. The van der Waals surface area contributed by atoms with Gasteiger partial charge in [0, 0.05) is 36.5 Å². The number of carbonyl (C=O) groups excluding carboxylic acids is 1. The first-order valence-corrected chi connectivity index (χ1v) is 8.83. The molecule has 0 unspecified atom stereocenters. The number of benzene rings is 2. The van der Waals surface area contributed by atoms with Crippen LogP contribution < -0.4 is 15.5 Å². The van der Waals surface area contributed by atoms with E-state index in [0.717, 1.165) is 5.56 Å². The summed E-state index contributed by atoms with van der Waals surface area (Å²) in [6.45, 7) is 0.366. The molecule has 0 aliphatic heterocycles. The van der Waals surface area contributed by atoms with Crippen molar-refractivity contribution in [2.75, 3.05) is 0 Å². The normalized spacial score (nSPS) is 10.4. The molecule has 8 heteroatoms. The lowest BCUT2D eigenvalue weighted by atomic mass is 10.2. The number of nitrogens with one attached hydrogen (secondary N) is 1. The third-order valence-electron chi connectivity index (χ3n) is 4.29. The van der Waals surface area contributed by atoms with Gasteiger partial charge in [-0.3, -0.25) is 19.7 Å². The topological polar surface area (TPSA) is 103 Å². The van der Waals surface area contributed by atoms with Crippen LogP contribution in [0.2, 0.25) is 0 Å². The number of pyridine rings is 1. The van der Waals surface area contributed by atoms with Gasteiger partial charge in [0.15, 0.2) is 5.75 Å². The van der Waals surface area contributed by atoms with Gasteiger partial charge in [0.25, 0.3) is 11.6 Å². The largest absolute Gasteiger partial charge is 0.483 e. The molecule has 1 heterocycles. The second kappa shape index (κ2) is 8.83. The molecule has 0 aliphatic carbocycles. The average Bonchev–Trinajstić information content (AvgIpc) is 2.73. The minimum absolute atomic E-state index is 0.0895. The number of hydrogen-bond acceptors (Lipinski definition) is 5. The Balaban J connectivity index is 1.66. The third-order valence-corrected chi connectivity index (χ3v) is 4.29. The molecule has 0 saturated carbocycles. The minimum Gasteiger partial charge on any atom is -0.483 e. The van der Waals surface area contributed by atoms with Crippen molar-refractivity contribution in [3.63, 3.8) is 0 Å². The summed E-state index contributed by atoms with van der Waals surface area (Å²) in [5.74, 6) is -0.254. The molecule has 0 spiro atoms. The van der Waals surface area contributed by atoms with Gasteiger partial charge < -0.3 is 14.6 Å². The standard InChI is InChI=1S/C21H19N3O5/c1-23-13-20(29-14-15-6-3-2-4-7-15)19(25)11-18(23)12-22-21(26)16-8-5-9-17(10-16)24(27)28/h2-11,13H,12,14H2,1H3,(H,22,26). The lowest BCUT2D eigenvalue weighted by molar-refractivity contribution is -0.384. The van der Waals surface area contributed by atoms with Gasteiger partial charge in [-0.1, -0.05) is 36.4 Å². The first-order valence-electron chi connectivity index (χ1n) is 8.83. The molecule has 1 aromatic heterocycles. The third kappa shape index (κ3) is 5.07. The van der Waals surface area contributed by atoms with E-state index in [1.54, 1.807) is 17.8 Å². The molecule has 0 radical (unpaired) electrons. The van der Waals surface area contributed by atoms with Crippen molar-refractivity contribution in [2.45, 2.75) is 13.2 Å². The molecule has 0 fully saturated rings. The Kier molecular flexibility index (Phi) is 6.03. The number of aryl methyl sites for hydroxylation is 1. The number of non-ortho nitro benzene ring substituents is 1. The van der Waals surface area contributed by atoms with Gasteiger partial charge in [-0.15, -0.1) is 0 Å². The molecule has 8 nitrogen and oxygen atoms in total. The lowest BCUT2D eigenvalue weighted by Crippen LogP contribution is -2.25. The van der Waals surface area contributed by atoms with Crippen LogP contribution in [-0.4, -0.2) is 15.4 Å². The van der Waals surface area contributed by atoms with Gasteiger partial charge in [-0.05, 0) is 11.6 Å². The number of aromatic nitrogens is 1. The van der Waals surface area contributed by atoms with E-state index in [2.05, 4.69) is 5.32 Å². The quantitative estimate of drug-likeness (QED) is 0.491. The van der Waals surface area contributed by atoms with Crippen molar-refractivity contribution < 1.29 is 14.5 Å². The molecule has 0 bridgehead atoms. The van der Waals surface area contributed by atoms with Crippen LogP contribution in [0.5, 0.6) is 5.75 Å². The molecular weight excluding hydrogens is 374 g/mol. The number of hydrogen-bond donors (Lipinski definition) is 1. The van der Waals surface area contributed by atoms with Crippen LogP contribution in [0.3, 0.4) is 0 Å². The van der Waals surface area contributed by atoms with Crippen molar-refractivity contribution in [1.82, 2.24) is 9.88 Å². The Labute approximate surface area is 166 Å². The number of rotatable bonds is 7. The fraction of sp³-hybridized carbons (Fsp3) is 0.143. The van der Waals surface area contributed by atoms with Crippen molar-refractivity contribution in [3.8, 4) is 5.75 Å². The molecule has 2 aromatic carbocycles. The Morgan fingerprint density at radius 2 is 1.90 bits per heavy atom. The highest BCUT2D eigenvalue weighted by Gasteiger charge is 2.12. The second-order valence-corrected chi connectivity index (χ2v) is 6.37. The first kappa shape index (κ1) is 19.8. The fourth-order valence-corrected chi connectivity index (χ4v) is 2.70. The zero-order valence-corrected chi connectivity index (χ0v) is 15.7. The molecule has 1 amide bonds. The van der Waals surface area contributed by atoms with Crippen molar-refractivity contribution in [3.05, 3.63) is 104 Å². The monoisotopic (exact) mass is 393 g/mol. The maximum absolute atomic E-state index is 12.3. The minimum atomic E-state index is -0.561. The average molecular weight is 393 g/mol. The molecule has 29 heavy (non-hydrogen) atoms. The molecule has 3 rings (SSSR count). The predicted octanol–water partition coefficient (Wildman–Crippen LogP) is 2.80. The van der Waals surface area contributed by atoms with Gasteiger partial charge in [0.2, 0.25) is 5.43 Å². The summed E-state index contributed by atoms with van der Waals surface area (Å²) >= 11 is 0. The van der Waals surface area contributed by atoms with Crippen LogP contribution >= 0.6 is 0 Å². The Morgan fingerprint density at radius 1 is 1.14 bits per heavy atom. The highest BCUT2D eigenvalue weighted by molar-refractivity contribution is 5.94. The summed E-state index contributed by atoms with van der Waals surface area (Å²) in [6.07, 6.45) is 1.57. The Morgan fingerprint density at radius 3 is 2.62 bits per heavy atom. The zero-order chi connectivity index (χ0) is 20.8. The lowest BCUT2D eigenvalue weighted by Gasteiger charge is -2.12. The molecular formula is C21H19N3O5. The highest BCUT2D eigenvalue weighted by Crippen LogP contribution is 2.13. The van der Waals surface area contributed by atoms with E-state index in [1.165, 1.54) is 30.3 Å². The van der Waals surface area contributed by atoms with Gasteiger partial charge in [-0.2, -0.15) is 0 Å². The van der Waals surface area contributed by atoms with Crippen LogP contribution in [0.1, 0.15) is 21.6 Å². The summed E-state index contributed by atoms with van der Waals surface area (Å²) in [5, 5.41) is 13.5. The number of nitro benzene ring substituents is 1. The molecule has 3 aromatic rings. The van der Waals surface area contributed by atoms with Gasteiger partial charge in [0.1, 0.15) is 6.61 Å². The van der Waals surface area contributed by atoms with Crippen molar-refractivity contribution in [2.24, 2.45) is 7.05 Å². The predicted molar refractivity (Wildman–Crippen MR) is 107 cm³/mol. The van der Waals surface area contributed by atoms with E-state index in [9.17, 15) is 19.7 Å². The first-order chi connectivity index (χ1) is 13.9. The Hall–Kier alpha value is -3.94. The molecule has 0 aliphatic rings. The van der Waals surface area contributed by atoms with Gasteiger partial charge in [0.05, 0.1) is 17.7 Å². The summed E-state index contributed by atoms with van der Waals surface area (Å²) < 4.78 is 7.29. The van der Waals surface area contributed by atoms with E-state index in [4.69, 9.17) is 4.74 Å². The van der Waals surface area contributed by atoms with Gasteiger partial charge >= 0.3 is 0 Å². The van der Waals surface area contributed by atoms with Crippen LogP contribution in [0.25, 0.3) is 0 Å². The van der Waals surface area contributed by atoms with E-state index in [1.807, 2.05) is 30.3 Å². The number of nitro groups is 1. The maximum Gasteiger partial charge on any atom is 0.270 e. The second-order valence-electron chi connectivity index (χ2n) is 6.37. The molecule has 0 atom stereocenters. The number of carbonyl (C=O) groups is 1. The Bertz CT molecular complexity index is 1090. The van der Waals surface area contributed by atoms with Crippen LogP contribution in [0.4, 0.5) is 5.69 Å². The van der Waals surface area contributed by atoms with E-state index >= 15 is 0 Å². The summed E-state index contributed by atoms with van der Waals surface area (Å²) in [4.78, 5) is 34.9. The number of ether oxygens (including phenoxy) is 1.